The minimum absolute atomic E-state index is 0.252. The molecule has 0 aliphatic rings. The zero-order valence-corrected chi connectivity index (χ0v) is 14.4. The van der Waals surface area contributed by atoms with E-state index in [0.717, 1.165) is 38.7 Å². The first-order valence-corrected chi connectivity index (χ1v) is 8.78. The summed E-state index contributed by atoms with van der Waals surface area (Å²) in [5, 5.41) is 3.44. The Hall–Kier alpha value is -3.59. The summed E-state index contributed by atoms with van der Waals surface area (Å²) in [5.74, 6) is -0.252. The van der Waals surface area contributed by atoms with E-state index in [1.165, 1.54) is 17.5 Å². The Morgan fingerprint density at radius 2 is 1.59 bits per heavy atom. The van der Waals surface area contributed by atoms with Gasteiger partial charge in [0.15, 0.2) is 0 Å². The van der Waals surface area contributed by atoms with Crippen LogP contribution >= 0.6 is 0 Å². The van der Waals surface area contributed by atoms with Crippen LogP contribution in [-0.2, 0) is 0 Å². The fraction of sp³-hybridized carbons (Fsp3) is 0. The molecule has 0 aliphatic heterocycles. The van der Waals surface area contributed by atoms with E-state index < -0.39 is 0 Å². The highest BCUT2D eigenvalue weighted by Gasteiger charge is 2.12. The van der Waals surface area contributed by atoms with Crippen LogP contribution < -0.4 is 0 Å². The van der Waals surface area contributed by atoms with Crippen molar-refractivity contribution >= 4 is 21.7 Å². The van der Waals surface area contributed by atoms with Crippen LogP contribution in [0.1, 0.15) is 0 Å². The first kappa shape index (κ1) is 15.6. The summed E-state index contributed by atoms with van der Waals surface area (Å²) < 4.78 is 13.3. The van der Waals surface area contributed by atoms with Crippen LogP contribution in [0.15, 0.2) is 91.3 Å². The predicted molar refractivity (Wildman–Crippen MR) is 108 cm³/mol. The molecule has 0 amide bonds. The van der Waals surface area contributed by atoms with Crippen molar-refractivity contribution < 1.29 is 4.39 Å². The van der Waals surface area contributed by atoms with Gasteiger partial charge in [-0.15, -0.1) is 0 Å². The van der Waals surface area contributed by atoms with E-state index >= 15 is 0 Å². The number of hydrogen-bond acceptors (Lipinski definition) is 2. The van der Waals surface area contributed by atoms with Crippen LogP contribution in [0.2, 0.25) is 0 Å². The molecule has 0 saturated carbocycles. The van der Waals surface area contributed by atoms with Gasteiger partial charge in [0.1, 0.15) is 5.82 Å². The van der Waals surface area contributed by atoms with Gasteiger partial charge in [-0.3, -0.25) is 4.98 Å². The molecule has 3 aromatic carbocycles. The predicted octanol–water partition coefficient (Wildman–Crippen LogP) is 6.26. The van der Waals surface area contributed by atoms with Gasteiger partial charge in [0.2, 0.25) is 0 Å². The Bertz CT molecular complexity index is 1260. The van der Waals surface area contributed by atoms with Crippen LogP contribution in [0.25, 0.3) is 44.1 Å². The first-order valence-electron chi connectivity index (χ1n) is 8.78. The van der Waals surface area contributed by atoms with E-state index in [2.05, 4.69) is 35.3 Å². The molecule has 0 N–H and O–H groups in total. The highest BCUT2D eigenvalue weighted by molar-refractivity contribution is 6.13. The summed E-state index contributed by atoms with van der Waals surface area (Å²) in [6.45, 7) is 0. The van der Waals surface area contributed by atoms with Gasteiger partial charge < -0.3 is 0 Å². The molecule has 0 spiro atoms. The SMILES string of the molecule is Fc1ccc(-c2cc(-c3cccnc3)c3c(ccc4ccccc43)n2)cc1. The molecular weight excluding hydrogens is 335 g/mol. The highest BCUT2D eigenvalue weighted by atomic mass is 19.1. The van der Waals surface area contributed by atoms with Crippen molar-refractivity contribution in [2.45, 2.75) is 0 Å². The van der Waals surface area contributed by atoms with E-state index in [-0.39, 0.29) is 5.82 Å². The standard InChI is InChI=1S/C24H15FN2/c25-19-10-7-17(8-11-19)23-14-21(18-5-3-13-26-15-18)24-20-6-2-1-4-16(20)9-12-22(24)27-23/h1-15H. The third kappa shape index (κ3) is 2.74. The van der Waals surface area contributed by atoms with Crippen molar-refractivity contribution in [1.29, 1.82) is 0 Å². The second kappa shape index (κ2) is 6.29. The van der Waals surface area contributed by atoms with Gasteiger partial charge in [-0.2, -0.15) is 0 Å². The van der Waals surface area contributed by atoms with Crippen LogP contribution in [0.4, 0.5) is 4.39 Å². The zero-order valence-electron chi connectivity index (χ0n) is 14.4. The van der Waals surface area contributed by atoms with Crippen molar-refractivity contribution in [3.63, 3.8) is 0 Å². The number of rotatable bonds is 2. The molecule has 5 aromatic rings. The third-order valence-corrected chi connectivity index (χ3v) is 4.81. The van der Waals surface area contributed by atoms with Gasteiger partial charge in [0, 0.05) is 28.9 Å². The number of nitrogens with zero attached hydrogens (tertiary/aromatic N) is 2. The van der Waals surface area contributed by atoms with E-state index in [9.17, 15) is 4.39 Å². The first-order chi connectivity index (χ1) is 13.3. The molecule has 2 aromatic heterocycles. The normalized spacial score (nSPS) is 11.1. The van der Waals surface area contributed by atoms with E-state index in [1.54, 1.807) is 18.3 Å². The molecule has 5 rings (SSSR count). The van der Waals surface area contributed by atoms with Crippen molar-refractivity contribution in [2.75, 3.05) is 0 Å². The molecule has 0 aliphatic carbocycles. The molecule has 27 heavy (non-hydrogen) atoms. The lowest BCUT2D eigenvalue weighted by molar-refractivity contribution is 0.628. The van der Waals surface area contributed by atoms with E-state index in [4.69, 9.17) is 4.98 Å². The fourth-order valence-corrected chi connectivity index (χ4v) is 3.53. The Morgan fingerprint density at radius 3 is 2.41 bits per heavy atom. The van der Waals surface area contributed by atoms with Gasteiger partial charge in [-0.1, -0.05) is 36.4 Å². The average Bonchev–Trinajstić information content (AvgIpc) is 2.74. The van der Waals surface area contributed by atoms with Crippen molar-refractivity contribution in [1.82, 2.24) is 9.97 Å². The maximum absolute atomic E-state index is 13.3. The summed E-state index contributed by atoms with van der Waals surface area (Å²) >= 11 is 0. The van der Waals surface area contributed by atoms with Gasteiger partial charge in [-0.25, -0.2) is 9.37 Å². The van der Waals surface area contributed by atoms with Gasteiger partial charge >= 0.3 is 0 Å². The van der Waals surface area contributed by atoms with Gasteiger partial charge in [-0.05, 0) is 58.8 Å². The topological polar surface area (TPSA) is 25.8 Å². The lowest BCUT2D eigenvalue weighted by atomic mass is 9.95. The number of halogens is 1. The van der Waals surface area contributed by atoms with Crippen molar-refractivity contribution in [3.8, 4) is 22.4 Å². The lowest BCUT2D eigenvalue weighted by Gasteiger charge is -2.12. The third-order valence-electron chi connectivity index (χ3n) is 4.81. The Labute approximate surface area is 156 Å². The summed E-state index contributed by atoms with van der Waals surface area (Å²) in [6, 6.07) is 25.0. The largest absolute Gasteiger partial charge is 0.264 e. The van der Waals surface area contributed by atoms with Crippen LogP contribution in [-0.4, -0.2) is 9.97 Å². The number of benzene rings is 3. The van der Waals surface area contributed by atoms with Crippen molar-refractivity contribution in [2.24, 2.45) is 0 Å². The van der Waals surface area contributed by atoms with Crippen LogP contribution in [0.5, 0.6) is 0 Å². The minimum Gasteiger partial charge on any atom is -0.264 e. The highest BCUT2D eigenvalue weighted by Crippen LogP contribution is 2.36. The van der Waals surface area contributed by atoms with E-state index in [0.29, 0.717) is 0 Å². The second-order valence-corrected chi connectivity index (χ2v) is 6.48. The molecule has 0 radical (unpaired) electrons. The maximum Gasteiger partial charge on any atom is 0.123 e. The van der Waals surface area contributed by atoms with E-state index in [1.807, 2.05) is 30.5 Å². The van der Waals surface area contributed by atoms with Gasteiger partial charge in [0.25, 0.3) is 0 Å². The quantitative estimate of drug-likeness (QED) is 0.351. The summed E-state index contributed by atoms with van der Waals surface area (Å²) in [4.78, 5) is 9.16. The summed E-state index contributed by atoms with van der Waals surface area (Å²) in [7, 11) is 0. The summed E-state index contributed by atoms with van der Waals surface area (Å²) in [6.07, 6.45) is 3.64. The Morgan fingerprint density at radius 1 is 0.741 bits per heavy atom. The van der Waals surface area contributed by atoms with Crippen LogP contribution in [0.3, 0.4) is 0 Å². The molecule has 128 valence electrons. The zero-order chi connectivity index (χ0) is 18.2. The Balaban J connectivity index is 1.88. The molecule has 0 fully saturated rings. The molecule has 3 heteroatoms. The number of hydrogen-bond donors (Lipinski definition) is 0. The van der Waals surface area contributed by atoms with Crippen molar-refractivity contribution in [3.05, 3.63) is 97.1 Å². The molecular formula is C24H15FN2. The molecule has 2 heterocycles. The second-order valence-electron chi connectivity index (χ2n) is 6.48. The molecule has 0 saturated heterocycles. The summed E-state index contributed by atoms with van der Waals surface area (Å²) in [5.41, 5.74) is 4.72. The number of fused-ring (bicyclic) bond motifs is 3. The molecule has 0 bridgehead atoms. The molecule has 2 nitrogen and oxygen atoms in total. The minimum atomic E-state index is -0.252. The maximum atomic E-state index is 13.3. The monoisotopic (exact) mass is 350 g/mol. The lowest BCUT2D eigenvalue weighted by Crippen LogP contribution is -1.91. The van der Waals surface area contributed by atoms with Gasteiger partial charge in [0.05, 0.1) is 11.2 Å². The molecule has 0 atom stereocenters. The average molecular weight is 350 g/mol. The fourth-order valence-electron chi connectivity index (χ4n) is 3.53. The number of aromatic nitrogens is 2. The Kier molecular flexibility index (Phi) is 3.65. The molecule has 0 unspecified atom stereocenters. The smallest absolute Gasteiger partial charge is 0.123 e. The number of pyridine rings is 2. The van der Waals surface area contributed by atoms with Crippen LogP contribution in [0, 0.1) is 5.82 Å².